The van der Waals surface area contributed by atoms with Gasteiger partial charge in [-0.05, 0) is 0 Å². The normalized spacial score (nSPS) is 15.6. The lowest BCUT2D eigenvalue weighted by molar-refractivity contribution is 0.579. The Morgan fingerprint density at radius 3 is 2.88 bits per heavy atom. The zero-order valence-electron chi connectivity index (χ0n) is 9.32. The van der Waals surface area contributed by atoms with Crippen molar-refractivity contribution in [3.63, 3.8) is 0 Å². The summed E-state index contributed by atoms with van der Waals surface area (Å²) in [6.07, 6.45) is 6.66. The molecule has 0 aromatic carbocycles. The quantitative estimate of drug-likeness (QED) is 0.750. The second kappa shape index (κ2) is 5.21. The van der Waals surface area contributed by atoms with E-state index in [1.807, 2.05) is 4.90 Å². The molecule has 2 rings (SSSR count). The largest absolute Gasteiger partial charge is 0.363 e. The predicted molar refractivity (Wildman–Crippen MR) is 67.4 cm³/mol. The summed E-state index contributed by atoms with van der Waals surface area (Å²) in [4.78, 5) is 14.1. The van der Waals surface area contributed by atoms with Gasteiger partial charge in [-0.15, -0.1) is 6.42 Å². The Morgan fingerprint density at radius 2 is 2.24 bits per heavy atom. The van der Waals surface area contributed by atoms with E-state index in [0.717, 1.165) is 26.2 Å². The highest BCUT2D eigenvalue weighted by atomic mass is 35.5. The van der Waals surface area contributed by atoms with Crippen molar-refractivity contribution in [2.75, 3.05) is 31.1 Å². The van der Waals surface area contributed by atoms with Crippen molar-refractivity contribution >= 4 is 17.3 Å². The van der Waals surface area contributed by atoms with E-state index in [4.69, 9.17) is 18.0 Å². The van der Waals surface area contributed by atoms with E-state index < -0.39 is 0 Å². The fraction of sp³-hybridized carbons (Fsp3) is 0.455. The zero-order valence-corrected chi connectivity index (χ0v) is 10.1. The standard InChI is InChI=1S/C11H13ClN4O/c1-2-5-16-11(17)10(9(12)8-14-16)15-6-3-13-4-7-15/h1,8,13H,3-7H2. The first-order valence-electron chi connectivity index (χ1n) is 5.39. The summed E-state index contributed by atoms with van der Waals surface area (Å²) in [6.45, 7) is 3.36. The number of hydrogen-bond acceptors (Lipinski definition) is 4. The molecule has 0 bridgehead atoms. The van der Waals surface area contributed by atoms with E-state index in [2.05, 4.69) is 16.3 Å². The van der Waals surface area contributed by atoms with Gasteiger partial charge in [0.2, 0.25) is 0 Å². The average molecular weight is 253 g/mol. The van der Waals surface area contributed by atoms with Crippen molar-refractivity contribution in [1.82, 2.24) is 15.1 Å². The van der Waals surface area contributed by atoms with Crippen LogP contribution in [0.25, 0.3) is 0 Å². The number of anilines is 1. The molecule has 0 spiro atoms. The molecule has 1 saturated heterocycles. The maximum absolute atomic E-state index is 12.1. The lowest BCUT2D eigenvalue weighted by Gasteiger charge is -2.29. The van der Waals surface area contributed by atoms with Crippen LogP contribution in [0.4, 0.5) is 5.69 Å². The Kier molecular flexibility index (Phi) is 3.67. The van der Waals surface area contributed by atoms with Crippen molar-refractivity contribution in [2.24, 2.45) is 0 Å². The molecule has 0 amide bonds. The van der Waals surface area contributed by atoms with Gasteiger partial charge in [-0.25, -0.2) is 4.68 Å². The van der Waals surface area contributed by atoms with E-state index in [0.29, 0.717) is 10.7 Å². The van der Waals surface area contributed by atoms with Crippen LogP contribution >= 0.6 is 11.6 Å². The molecule has 1 aromatic heterocycles. The molecule has 1 aromatic rings. The van der Waals surface area contributed by atoms with Gasteiger partial charge in [-0.1, -0.05) is 17.5 Å². The molecule has 0 unspecified atom stereocenters. The summed E-state index contributed by atoms with van der Waals surface area (Å²) >= 11 is 6.05. The lowest BCUT2D eigenvalue weighted by atomic mass is 10.3. The van der Waals surface area contributed by atoms with Gasteiger partial charge in [0, 0.05) is 26.2 Å². The molecule has 1 aliphatic heterocycles. The van der Waals surface area contributed by atoms with E-state index >= 15 is 0 Å². The minimum atomic E-state index is -0.225. The third-order valence-corrected chi connectivity index (χ3v) is 2.92. The van der Waals surface area contributed by atoms with Crippen molar-refractivity contribution in [1.29, 1.82) is 0 Å². The first-order valence-corrected chi connectivity index (χ1v) is 5.76. The van der Waals surface area contributed by atoms with E-state index in [1.165, 1.54) is 10.9 Å². The number of piperazine rings is 1. The third-order valence-electron chi connectivity index (χ3n) is 2.65. The van der Waals surface area contributed by atoms with Crippen molar-refractivity contribution < 1.29 is 0 Å². The predicted octanol–water partition coefficient (Wildman–Crippen LogP) is -0.0605. The average Bonchev–Trinajstić information content (AvgIpc) is 2.35. The molecule has 0 saturated carbocycles. The number of terminal acetylenes is 1. The monoisotopic (exact) mass is 252 g/mol. The minimum Gasteiger partial charge on any atom is -0.363 e. The Balaban J connectivity index is 2.41. The minimum absolute atomic E-state index is 0.162. The van der Waals surface area contributed by atoms with Gasteiger partial charge in [0.05, 0.1) is 11.2 Å². The smallest absolute Gasteiger partial charge is 0.292 e. The molecule has 2 heterocycles. The number of nitrogens with one attached hydrogen (secondary N) is 1. The van der Waals surface area contributed by atoms with Crippen LogP contribution in [0.2, 0.25) is 5.02 Å². The first-order chi connectivity index (χ1) is 8.24. The highest BCUT2D eigenvalue weighted by Crippen LogP contribution is 2.20. The molecular weight excluding hydrogens is 240 g/mol. The maximum Gasteiger partial charge on any atom is 0.292 e. The van der Waals surface area contributed by atoms with Gasteiger partial charge in [0.1, 0.15) is 12.2 Å². The number of rotatable bonds is 2. The summed E-state index contributed by atoms with van der Waals surface area (Å²) in [5.41, 5.74) is 0.274. The van der Waals surface area contributed by atoms with Crippen molar-refractivity contribution in [3.8, 4) is 12.3 Å². The molecule has 1 N–H and O–H groups in total. The van der Waals surface area contributed by atoms with Crippen LogP contribution in [0.1, 0.15) is 0 Å². The molecule has 5 nitrogen and oxygen atoms in total. The molecule has 0 aliphatic carbocycles. The highest BCUT2D eigenvalue weighted by molar-refractivity contribution is 6.33. The highest BCUT2D eigenvalue weighted by Gasteiger charge is 2.18. The SMILES string of the molecule is C#CCn1ncc(Cl)c(N2CCNCC2)c1=O. The molecule has 0 radical (unpaired) electrons. The Labute approximate surface area is 104 Å². The Bertz CT molecular complexity index is 499. The fourth-order valence-electron chi connectivity index (χ4n) is 1.83. The van der Waals surface area contributed by atoms with Gasteiger partial charge in [0.25, 0.3) is 5.56 Å². The van der Waals surface area contributed by atoms with Crippen LogP contribution in [-0.4, -0.2) is 36.0 Å². The van der Waals surface area contributed by atoms with Gasteiger partial charge in [-0.3, -0.25) is 4.79 Å². The van der Waals surface area contributed by atoms with Crippen LogP contribution in [0, 0.1) is 12.3 Å². The number of hydrogen-bond donors (Lipinski definition) is 1. The van der Waals surface area contributed by atoms with Crippen LogP contribution in [0.15, 0.2) is 11.0 Å². The summed E-state index contributed by atoms with van der Waals surface area (Å²) in [5.74, 6) is 2.40. The van der Waals surface area contributed by atoms with Crippen LogP contribution in [-0.2, 0) is 6.54 Å². The van der Waals surface area contributed by atoms with Crippen molar-refractivity contribution in [2.45, 2.75) is 6.54 Å². The summed E-state index contributed by atoms with van der Waals surface area (Å²) in [5, 5.41) is 7.51. The molecule has 6 heteroatoms. The van der Waals surface area contributed by atoms with Crippen LogP contribution < -0.4 is 15.8 Å². The molecule has 17 heavy (non-hydrogen) atoms. The zero-order chi connectivity index (χ0) is 12.3. The van der Waals surface area contributed by atoms with Gasteiger partial charge < -0.3 is 10.2 Å². The molecule has 0 atom stereocenters. The molecule has 1 aliphatic rings. The van der Waals surface area contributed by atoms with Crippen LogP contribution in [0.5, 0.6) is 0 Å². The van der Waals surface area contributed by atoms with Gasteiger partial charge in [-0.2, -0.15) is 5.10 Å². The lowest BCUT2D eigenvalue weighted by Crippen LogP contribution is -2.46. The van der Waals surface area contributed by atoms with E-state index in [1.54, 1.807) is 0 Å². The summed E-state index contributed by atoms with van der Waals surface area (Å²) in [7, 11) is 0. The van der Waals surface area contributed by atoms with E-state index in [9.17, 15) is 4.79 Å². The molecule has 90 valence electrons. The maximum atomic E-state index is 12.1. The summed E-state index contributed by atoms with van der Waals surface area (Å²) in [6, 6.07) is 0. The number of aromatic nitrogens is 2. The van der Waals surface area contributed by atoms with Crippen molar-refractivity contribution in [3.05, 3.63) is 21.6 Å². The van der Waals surface area contributed by atoms with Gasteiger partial charge in [0.15, 0.2) is 0 Å². The fourth-order valence-corrected chi connectivity index (χ4v) is 2.08. The topological polar surface area (TPSA) is 50.2 Å². The summed E-state index contributed by atoms with van der Waals surface area (Å²) < 4.78 is 1.25. The number of nitrogens with zero attached hydrogens (tertiary/aromatic N) is 3. The Morgan fingerprint density at radius 1 is 1.53 bits per heavy atom. The third kappa shape index (κ3) is 2.43. The Hall–Kier alpha value is -1.51. The van der Waals surface area contributed by atoms with Gasteiger partial charge >= 0.3 is 0 Å². The number of halogens is 1. The second-order valence-electron chi connectivity index (χ2n) is 3.75. The molecule has 1 fully saturated rings. The van der Waals surface area contributed by atoms with E-state index in [-0.39, 0.29) is 12.1 Å². The second-order valence-corrected chi connectivity index (χ2v) is 4.15. The van der Waals surface area contributed by atoms with Crippen LogP contribution in [0.3, 0.4) is 0 Å². The first kappa shape index (κ1) is 12.0. The molecular formula is C11H13ClN4O.